The number of rotatable bonds is 7. The number of halogens is 3. The van der Waals surface area contributed by atoms with Crippen molar-refractivity contribution in [2.24, 2.45) is 5.41 Å². The van der Waals surface area contributed by atoms with Crippen LogP contribution in [0.25, 0.3) is 0 Å². The average molecular weight is 334 g/mol. The predicted molar refractivity (Wildman–Crippen MR) is 74.2 cm³/mol. The number of carbonyl (C=O) groups excluding carboxylic acids is 1. The minimum atomic E-state index is -4.50. The zero-order valence-electron chi connectivity index (χ0n) is 12.6. The van der Waals surface area contributed by atoms with E-state index in [1.165, 1.54) is 19.9 Å². The number of hydrogen-bond donors (Lipinski definition) is 2. The van der Waals surface area contributed by atoms with Crippen molar-refractivity contribution in [1.82, 2.24) is 10.3 Å². The normalized spacial score (nSPS) is 11.9. The van der Waals surface area contributed by atoms with Gasteiger partial charge < -0.3 is 15.2 Å². The lowest BCUT2D eigenvalue weighted by atomic mass is 9.90. The van der Waals surface area contributed by atoms with Crippen LogP contribution in [0.3, 0.4) is 0 Å². The maximum atomic E-state index is 12.1. The summed E-state index contributed by atoms with van der Waals surface area (Å²) in [4.78, 5) is 26.4. The topological polar surface area (TPSA) is 88.5 Å². The van der Waals surface area contributed by atoms with Crippen LogP contribution >= 0.6 is 0 Å². The lowest BCUT2D eigenvalue weighted by Crippen LogP contribution is -2.32. The molecule has 0 spiro atoms. The van der Waals surface area contributed by atoms with Crippen LogP contribution in [0.15, 0.2) is 18.3 Å². The van der Waals surface area contributed by atoms with E-state index in [9.17, 15) is 22.8 Å². The van der Waals surface area contributed by atoms with E-state index in [0.717, 1.165) is 12.3 Å². The zero-order valence-corrected chi connectivity index (χ0v) is 12.6. The maximum absolute atomic E-state index is 12.1. The molecular formula is C14H17F3N2O4. The van der Waals surface area contributed by atoms with Gasteiger partial charge in [-0.2, -0.15) is 13.2 Å². The second kappa shape index (κ2) is 7.30. The van der Waals surface area contributed by atoms with Gasteiger partial charge in [0.2, 0.25) is 5.88 Å². The Balaban J connectivity index is 2.58. The quantitative estimate of drug-likeness (QED) is 0.798. The van der Waals surface area contributed by atoms with Crippen LogP contribution < -0.4 is 10.1 Å². The molecule has 1 amide bonds. The molecule has 1 heterocycles. The van der Waals surface area contributed by atoms with Gasteiger partial charge >= 0.3 is 12.1 Å². The Morgan fingerprint density at radius 2 is 2.00 bits per heavy atom. The molecule has 0 bridgehead atoms. The first-order valence-corrected chi connectivity index (χ1v) is 6.68. The Morgan fingerprint density at radius 1 is 1.35 bits per heavy atom. The van der Waals surface area contributed by atoms with Gasteiger partial charge in [-0.3, -0.25) is 9.59 Å². The Labute approximate surface area is 130 Å². The zero-order chi connectivity index (χ0) is 17.7. The lowest BCUT2D eigenvalue weighted by Gasteiger charge is -2.18. The molecule has 2 N–H and O–H groups in total. The molecule has 1 rings (SSSR count). The summed E-state index contributed by atoms with van der Waals surface area (Å²) in [7, 11) is 0. The molecule has 0 unspecified atom stereocenters. The summed E-state index contributed by atoms with van der Waals surface area (Å²) >= 11 is 0. The van der Waals surface area contributed by atoms with Crippen molar-refractivity contribution < 1.29 is 32.6 Å². The third-order valence-electron chi connectivity index (χ3n) is 3.00. The Kier molecular flexibility index (Phi) is 5.94. The van der Waals surface area contributed by atoms with Gasteiger partial charge in [-0.15, -0.1) is 0 Å². The molecule has 23 heavy (non-hydrogen) atoms. The summed E-state index contributed by atoms with van der Waals surface area (Å²) in [6, 6.07) is 2.40. The second-order valence-corrected chi connectivity index (χ2v) is 5.48. The number of carbonyl (C=O) groups is 2. The summed E-state index contributed by atoms with van der Waals surface area (Å²) in [5.74, 6) is -1.86. The largest absolute Gasteiger partial charge is 0.481 e. The van der Waals surface area contributed by atoms with Gasteiger partial charge in [0.05, 0.1) is 5.41 Å². The Bertz CT molecular complexity index is 573. The molecule has 0 aromatic carbocycles. The molecule has 0 aliphatic heterocycles. The molecule has 0 saturated heterocycles. The number of nitrogens with one attached hydrogen (secondary N) is 1. The van der Waals surface area contributed by atoms with Crippen molar-refractivity contribution in [3.63, 3.8) is 0 Å². The van der Waals surface area contributed by atoms with Crippen molar-refractivity contribution in [2.75, 3.05) is 13.2 Å². The molecule has 0 saturated carbocycles. The van der Waals surface area contributed by atoms with E-state index in [0.29, 0.717) is 0 Å². The number of amides is 1. The summed E-state index contributed by atoms with van der Waals surface area (Å²) in [6.07, 6.45) is -3.14. The average Bonchev–Trinajstić information content (AvgIpc) is 2.44. The monoisotopic (exact) mass is 334 g/mol. The maximum Gasteiger partial charge on any atom is 0.422 e. The number of hydrogen-bond acceptors (Lipinski definition) is 4. The number of carboxylic acids is 1. The molecule has 128 valence electrons. The number of aliphatic carboxylic acids is 1. The number of alkyl halides is 3. The van der Waals surface area contributed by atoms with Gasteiger partial charge in [0, 0.05) is 24.4 Å². The number of nitrogens with zero attached hydrogens (tertiary/aromatic N) is 1. The SMILES string of the molecule is CC(C)(CCNC(=O)c1ccnc(OCC(F)(F)F)c1)C(=O)O. The highest BCUT2D eigenvalue weighted by atomic mass is 19.4. The summed E-state index contributed by atoms with van der Waals surface area (Å²) in [5, 5.41) is 11.5. The van der Waals surface area contributed by atoms with Gasteiger partial charge in [-0.05, 0) is 26.3 Å². The van der Waals surface area contributed by atoms with E-state index in [2.05, 4.69) is 15.0 Å². The van der Waals surface area contributed by atoms with Crippen LogP contribution in [-0.4, -0.2) is 41.3 Å². The summed E-state index contributed by atoms with van der Waals surface area (Å²) in [6.45, 7) is 1.66. The minimum absolute atomic E-state index is 0.0744. The fourth-order valence-corrected chi connectivity index (χ4v) is 1.48. The molecule has 0 aliphatic carbocycles. The third-order valence-corrected chi connectivity index (χ3v) is 3.00. The molecule has 9 heteroatoms. The van der Waals surface area contributed by atoms with E-state index < -0.39 is 30.1 Å². The van der Waals surface area contributed by atoms with Gasteiger partial charge in [0.1, 0.15) is 0 Å². The smallest absolute Gasteiger partial charge is 0.422 e. The first kappa shape index (κ1) is 18.7. The standard InChI is InChI=1S/C14H17F3N2O4/c1-13(2,12(21)22)4-6-19-11(20)9-3-5-18-10(7-9)23-8-14(15,16)17/h3,5,7H,4,6,8H2,1-2H3,(H,19,20)(H,21,22). The highest BCUT2D eigenvalue weighted by molar-refractivity contribution is 5.94. The second-order valence-electron chi connectivity index (χ2n) is 5.48. The molecule has 1 aromatic heterocycles. The van der Waals surface area contributed by atoms with Crippen molar-refractivity contribution >= 4 is 11.9 Å². The fraction of sp³-hybridized carbons (Fsp3) is 0.500. The van der Waals surface area contributed by atoms with E-state index in [4.69, 9.17) is 5.11 Å². The van der Waals surface area contributed by atoms with Gasteiger partial charge in [-0.25, -0.2) is 4.98 Å². The molecular weight excluding hydrogens is 317 g/mol. The van der Waals surface area contributed by atoms with Crippen molar-refractivity contribution in [3.8, 4) is 5.88 Å². The van der Waals surface area contributed by atoms with Crippen LogP contribution in [0, 0.1) is 5.41 Å². The molecule has 0 fully saturated rings. The molecule has 6 nitrogen and oxygen atoms in total. The molecule has 0 atom stereocenters. The van der Waals surface area contributed by atoms with E-state index in [1.807, 2.05) is 0 Å². The number of carboxylic acid groups (broad SMARTS) is 1. The van der Waals surface area contributed by atoms with Crippen LogP contribution in [0.4, 0.5) is 13.2 Å². The Morgan fingerprint density at radius 3 is 2.57 bits per heavy atom. The molecule has 0 aliphatic rings. The van der Waals surface area contributed by atoms with Crippen molar-refractivity contribution in [2.45, 2.75) is 26.4 Å². The predicted octanol–water partition coefficient (Wildman–Crippen LogP) is 2.25. The number of ether oxygens (including phenoxy) is 1. The number of pyridine rings is 1. The first-order valence-electron chi connectivity index (χ1n) is 6.68. The van der Waals surface area contributed by atoms with E-state index in [1.54, 1.807) is 0 Å². The summed E-state index contributed by atoms with van der Waals surface area (Å²) < 4.78 is 40.6. The van der Waals surface area contributed by atoms with Crippen LogP contribution in [0.1, 0.15) is 30.6 Å². The van der Waals surface area contributed by atoms with Crippen LogP contribution in [-0.2, 0) is 4.79 Å². The van der Waals surface area contributed by atoms with Crippen molar-refractivity contribution in [3.05, 3.63) is 23.9 Å². The van der Waals surface area contributed by atoms with Gasteiger partial charge in [0.15, 0.2) is 6.61 Å². The van der Waals surface area contributed by atoms with Gasteiger partial charge in [0.25, 0.3) is 5.91 Å². The molecule has 1 aromatic rings. The van der Waals surface area contributed by atoms with E-state index >= 15 is 0 Å². The van der Waals surface area contributed by atoms with Crippen LogP contribution in [0.2, 0.25) is 0 Å². The fourth-order valence-electron chi connectivity index (χ4n) is 1.48. The van der Waals surface area contributed by atoms with Crippen molar-refractivity contribution in [1.29, 1.82) is 0 Å². The minimum Gasteiger partial charge on any atom is -0.481 e. The summed E-state index contributed by atoms with van der Waals surface area (Å²) in [5.41, 5.74) is -0.919. The highest BCUT2D eigenvalue weighted by Gasteiger charge is 2.29. The molecule has 0 radical (unpaired) electrons. The van der Waals surface area contributed by atoms with Crippen LogP contribution in [0.5, 0.6) is 5.88 Å². The third kappa shape index (κ3) is 6.54. The van der Waals surface area contributed by atoms with E-state index in [-0.39, 0.29) is 24.4 Å². The van der Waals surface area contributed by atoms with Gasteiger partial charge in [-0.1, -0.05) is 0 Å². The first-order chi connectivity index (χ1) is 10.5. The Hall–Kier alpha value is -2.32. The lowest BCUT2D eigenvalue weighted by molar-refractivity contribution is -0.154. The number of aromatic nitrogens is 1. The highest BCUT2D eigenvalue weighted by Crippen LogP contribution is 2.20.